The van der Waals surface area contributed by atoms with Gasteiger partial charge in [-0.05, 0) is 38.8 Å². The molecule has 18 heavy (non-hydrogen) atoms. The van der Waals surface area contributed by atoms with Gasteiger partial charge in [0.1, 0.15) is 5.82 Å². The highest BCUT2D eigenvalue weighted by molar-refractivity contribution is 5.92. The highest BCUT2D eigenvalue weighted by Crippen LogP contribution is 2.23. The molecule has 0 bridgehead atoms. The summed E-state index contributed by atoms with van der Waals surface area (Å²) in [6.07, 6.45) is 3.07. The summed E-state index contributed by atoms with van der Waals surface area (Å²) in [6, 6.07) is 3.91. The molecule has 1 aromatic heterocycles. The van der Waals surface area contributed by atoms with E-state index in [9.17, 15) is 9.59 Å². The SMILES string of the molecule is CC(=O)[C@H](C)OC(=O)c1ccc(NC2CC2)nc1. The number of ether oxygens (including phenoxy) is 1. The van der Waals surface area contributed by atoms with E-state index in [2.05, 4.69) is 10.3 Å². The van der Waals surface area contributed by atoms with Crippen molar-refractivity contribution >= 4 is 17.6 Å². The summed E-state index contributed by atoms with van der Waals surface area (Å²) >= 11 is 0. The maximum atomic E-state index is 11.7. The molecule has 1 fully saturated rings. The Bertz CT molecular complexity index is 452. The topological polar surface area (TPSA) is 68.3 Å². The Morgan fingerprint density at radius 1 is 1.44 bits per heavy atom. The van der Waals surface area contributed by atoms with Gasteiger partial charge < -0.3 is 10.1 Å². The molecular formula is C13H16N2O3. The van der Waals surface area contributed by atoms with Crippen LogP contribution in [0.3, 0.4) is 0 Å². The highest BCUT2D eigenvalue weighted by atomic mass is 16.5. The Balaban J connectivity index is 1.95. The Hall–Kier alpha value is -1.91. The van der Waals surface area contributed by atoms with Gasteiger partial charge in [0.2, 0.25) is 0 Å². The van der Waals surface area contributed by atoms with Crippen LogP contribution in [0, 0.1) is 0 Å². The summed E-state index contributed by atoms with van der Waals surface area (Å²) in [4.78, 5) is 26.8. The van der Waals surface area contributed by atoms with E-state index in [1.54, 1.807) is 19.1 Å². The second kappa shape index (κ2) is 5.16. The molecule has 1 heterocycles. The predicted octanol–water partition coefficient (Wildman–Crippen LogP) is 1.79. The van der Waals surface area contributed by atoms with E-state index in [4.69, 9.17) is 4.74 Å². The van der Waals surface area contributed by atoms with Crippen molar-refractivity contribution in [3.05, 3.63) is 23.9 Å². The molecule has 0 radical (unpaired) electrons. The van der Waals surface area contributed by atoms with Gasteiger partial charge in [0, 0.05) is 12.2 Å². The van der Waals surface area contributed by atoms with Crippen molar-refractivity contribution < 1.29 is 14.3 Å². The van der Waals surface area contributed by atoms with Gasteiger partial charge in [0.25, 0.3) is 0 Å². The number of carbonyl (C=O) groups is 2. The molecule has 5 heteroatoms. The van der Waals surface area contributed by atoms with Crippen molar-refractivity contribution in [2.24, 2.45) is 0 Å². The molecule has 1 atom stereocenters. The number of carbonyl (C=O) groups excluding carboxylic acids is 2. The number of rotatable bonds is 5. The number of nitrogens with one attached hydrogen (secondary N) is 1. The van der Waals surface area contributed by atoms with E-state index in [0.717, 1.165) is 5.82 Å². The van der Waals surface area contributed by atoms with Crippen molar-refractivity contribution in [1.82, 2.24) is 4.98 Å². The van der Waals surface area contributed by atoms with E-state index in [1.807, 2.05) is 0 Å². The Morgan fingerprint density at radius 2 is 2.17 bits per heavy atom. The molecule has 0 spiro atoms. The summed E-state index contributed by atoms with van der Waals surface area (Å²) < 4.78 is 4.98. The van der Waals surface area contributed by atoms with Crippen LogP contribution >= 0.6 is 0 Å². The molecule has 1 saturated carbocycles. The third kappa shape index (κ3) is 3.29. The molecule has 0 unspecified atom stereocenters. The van der Waals surface area contributed by atoms with Crippen LogP contribution in [0.15, 0.2) is 18.3 Å². The second-order valence-corrected chi connectivity index (χ2v) is 4.51. The number of esters is 1. The number of hydrogen-bond acceptors (Lipinski definition) is 5. The van der Waals surface area contributed by atoms with Gasteiger partial charge in [0.05, 0.1) is 5.56 Å². The van der Waals surface area contributed by atoms with Crippen molar-refractivity contribution in [2.45, 2.75) is 38.8 Å². The van der Waals surface area contributed by atoms with Crippen LogP contribution in [0.5, 0.6) is 0 Å². The van der Waals surface area contributed by atoms with E-state index in [0.29, 0.717) is 11.6 Å². The first-order valence-corrected chi connectivity index (χ1v) is 6.00. The lowest BCUT2D eigenvalue weighted by Gasteiger charge is -2.10. The lowest BCUT2D eigenvalue weighted by atomic mass is 10.2. The van der Waals surface area contributed by atoms with Gasteiger partial charge in [-0.2, -0.15) is 0 Å². The molecule has 1 aromatic rings. The summed E-state index contributed by atoms with van der Waals surface area (Å²) in [5, 5.41) is 3.22. The van der Waals surface area contributed by atoms with Crippen LogP contribution in [0.4, 0.5) is 5.82 Å². The zero-order valence-corrected chi connectivity index (χ0v) is 10.5. The highest BCUT2D eigenvalue weighted by Gasteiger charge is 2.21. The number of nitrogens with zero attached hydrogens (tertiary/aromatic N) is 1. The monoisotopic (exact) mass is 248 g/mol. The lowest BCUT2D eigenvalue weighted by molar-refractivity contribution is -0.124. The molecule has 0 saturated heterocycles. The normalized spacial score (nSPS) is 15.9. The number of hydrogen-bond donors (Lipinski definition) is 1. The Kier molecular flexibility index (Phi) is 3.60. The lowest BCUT2D eigenvalue weighted by Crippen LogP contribution is -2.21. The van der Waals surface area contributed by atoms with Gasteiger partial charge in [-0.25, -0.2) is 9.78 Å². The molecule has 0 aromatic carbocycles. The number of ketones is 1. The van der Waals surface area contributed by atoms with E-state index in [1.165, 1.54) is 26.0 Å². The number of aromatic nitrogens is 1. The van der Waals surface area contributed by atoms with Crippen molar-refractivity contribution in [3.8, 4) is 0 Å². The minimum atomic E-state index is -0.721. The third-order valence-electron chi connectivity index (χ3n) is 2.78. The standard InChI is InChI=1S/C13H16N2O3/c1-8(16)9(2)18-13(17)10-3-6-12(14-7-10)15-11-4-5-11/h3,6-7,9,11H,4-5H2,1-2H3,(H,14,15)/t9-/m0/s1. The van der Waals surface area contributed by atoms with Gasteiger partial charge in [-0.1, -0.05) is 0 Å². The fourth-order valence-corrected chi connectivity index (χ4v) is 1.35. The zero-order valence-electron chi connectivity index (χ0n) is 10.5. The summed E-state index contributed by atoms with van der Waals surface area (Å²) in [6.45, 7) is 2.94. The summed E-state index contributed by atoms with van der Waals surface area (Å²) in [5.41, 5.74) is 0.351. The van der Waals surface area contributed by atoms with Gasteiger partial charge in [-0.15, -0.1) is 0 Å². The van der Waals surface area contributed by atoms with Crippen LogP contribution < -0.4 is 5.32 Å². The molecule has 1 aliphatic carbocycles. The van der Waals surface area contributed by atoms with Crippen LogP contribution in [-0.2, 0) is 9.53 Å². The van der Waals surface area contributed by atoms with Crippen LogP contribution in [-0.4, -0.2) is 28.9 Å². The fraction of sp³-hybridized carbons (Fsp3) is 0.462. The van der Waals surface area contributed by atoms with E-state index >= 15 is 0 Å². The van der Waals surface area contributed by atoms with Crippen LogP contribution in [0.2, 0.25) is 0 Å². The predicted molar refractivity (Wildman–Crippen MR) is 66.4 cm³/mol. The maximum Gasteiger partial charge on any atom is 0.340 e. The number of pyridine rings is 1. The minimum Gasteiger partial charge on any atom is -0.451 e. The largest absolute Gasteiger partial charge is 0.451 e. The van der Waals surface area contributed by atoms with E-state index in [-0.39, 0.29) is 5.78 Å². The Labute approximate surface area is 106 Å². The van der Waals surface area contributed by atoms with Gasteiger partial charge >= 0.3 is 5.97 Å². The van der Waals surface area contributed by atoms with Gasteiger partial charge in [-0.3, -0.25) is 4.79 Å². The second-order valence-electron chi connectivity index (χ2n) is 4.51. The maximum absolute atomic E-state index is 11.7. The summed E-state index contributed by atoms with van der Waals surface area (Å²) in [5.74, 6) is 0.0557. The molecule has 0 amide bonds. The fourth-order valence-electron chi connectivity index (χ4n) is 1.35. The van der Waals surface area contributed by atoms with Crippen molar-refractivity contribution in [3.63, 3.8) is 0 Å². The van der Waals surface area contributed by atoms with E-state index < -0.39 is 12.1 Å². The van der Waals surface area contributed by atoms with Crippen molar-refractivity contribution in [1.29, 1.82) is 0 Å². The molecule has 1 N–H and O–H groups in total. The van der Waals surface area contributed by atoms with Crippen LogP contribution in [0.25, 0.3) is 0 Å². The zero-order chi connectivity index (χ0) is 13.1. The molecule has 2 rings (SSSR count). The molecule has 5 nitrogen and oxygen atoms in total. The smallest absolute Gasteiger partial charge is 0.340 e. The average Bonchev–Trinajstić information content (AvgIpc) is 3.13. The quantitative estimate of drug-likeness (QED) is 0.804. The average molecular weight is 248 g/mol. The number of anilines is 1. The first-order valence-electron chi connectivity index (χ1n) is 6.00. The summed E-state index contributed by atoms with van der Waals surface area (Å²) in [7, 11) is 0. The minimum absolute atomic E-state index is 0.177. The first kappa shape index (κ1) is 12.5. The number of Topliss-reactive ketones (excluding diaryl/α,β-unsaturated/α-hetero) is 1. The van der Waals surface area contributed by atoms with Crippen LogP contribution in [0.1, 0.15) is 37.0 Å². The first-order chi connectivity index (χ1) is 8.56. The third-order valence-corrected chi connectivity index (χ3v) is 2.78. The molecule has 0 aliphatic heterocycles. The Morgan fingerprint density at radius 3 is 2.67 bits per heavy atom. The van der Waals surface area contributed by atoms with Crippen molar-refractivity contribution in [2.75, 3.05) is 5.32 Å². The molecule has 1 aliphatic rings. The molecular weight excluding hydrogens is 232 g/mol. The van der Waals surface area contributed by atoms with Gasteiger partial charge in [0.15, 0.2) is 11.9 Å². The molecule has 96 valence electrons.